The van der Waals surface area contributed by atoms with Gasteiger partial charge in [-0.25, -0.2) is 0 Å². The average molecular weight is 199 g/mol. The van der Waals surface area contributed by atoms with Crippen molar-refractivity contribution >= 4 is 0 Å². The van der Waals surface area contributed by atoms with Crippen LogP contribution < -0.4 is 5.32 Å². The molecule has 0 bridgehead atoms. The standard InChI is InChI=1S/C11H21NO2/c1-10(2)13-8-6-12-9-11-5-3-4-7-14-11/h4,7,10-12H,3,5-6,8-9H2,1-2H3. The molecule has 0 fully saturated rings. The Hall–Kier alpha value is -0.540. The molecule has 82 valence electrons. The molecule has 0 radical (unpaired) electrons. The van der Waals surface area contributed by atoms with Crippen LogP contribution in [0, 0.1) is 0 Å². The predicted octanol–water partition coefficient (Wildman–Crippen LogP) is 1.69. The van der Waals surface area contributed by atoms with E-state index in [1.165, 1.54) is 0 Å². The van der Waals surface area contributed by atoms with Gasteiger partial charge in [0.15, 0.2) is 0 Å². The first-order chi connectivity index (χ1) is 6.79. The Morgan fingerprint density at radius 3 is 3.07 bits per heavy atom. The molecule has 1 aliphatic rings. The Morgan fingerprint density at radius 1 is 1.57 bits per heavy atom. The van der Waals surface area contributed by atoms with Gasteiger partial charge >= 0.3 is 0 Å². The summed E-state index contributed by atoms with van der Waals surface area (Å²) in [5, 5.41) is 3.33. The molecule has 0 amide bonds. The second-order valence-electron chi connectivity index (χ2n) is 3.83. The van der Waals surface area contributed by atoms with Crippen LogP contribution >= 0.6 is 0 Å². The van der Waals surface area contributed by atoms with Gasteiger partial charge in [-0.1, -0.05) is 0 Å². The van der Waals surface area contributed by atoms with Crippen molar-refractivity contribution in [1.82, 2.24) is 5.32 Å². The molecular formula is C11H21NO2. The maximum Gasteiger partial charge on any atom is 0.110 e. The smallest absolute Gasteiger partial charge is 0.110 e. The molecule has 0 aliphatic carbocycles. The van der Waals surface area contributed by atoms with Crippen LogP contribution in [0.3, 0.4) is 0 Å². The lowest BCUT2D eigenvalue weighted by atomic mass is 10.1. The lowest BCUT2D eigenvalue weighted by molar-refractivity contribution is 0.0755. The molecule has 1 rings (SSSR count). The highest BCUT2D eigenvalue weighted by Gasteiger charge is 2.09. The number of nitrogens with one attached hydrogen (secondary N) is 1. The molecule has 0 spiro atoms. The lowest BCUT2D eigenvalue weighted by Gasteiger charge is -2.19. The van der Waals surface area contributed by atoms with Crippen LogP contribution in [-0.4, -0.2) is 31.9 Å². The first kappa shape index (κ1) is 11.5. The zero-order chi connectivity index (χ0) is 10.2. The summed E-state index contributed by atoms with van der Waals surface area (Å²) in [7, 11) is 0. The van der Waals surface area contributed by atoms with E-state index in [2.05, 4.69) is 25.2 Å². The fourth-order valence-electron chi connectivity index (χ4n) is 1.36. The van der Waals surface area contributed by atoms with Crippen LogP contribution in [0.2, 0.25) is 0 Å². The monoisotopic (exact) mass is 199 g/mol. The largest absolute Gasteiger partial charge is 0.497 e. The van der Waals surface area contributed by atoms with Crippen molar-refractivity contribution in [2.24, 2.45) is 0 Å². The van der Waals surface area contributed by atoms with Gasteiger partial charge in [0.1, 0.15) is 6.10 Å². The van der Waals surface area contributed by atoms with Gasteiger partial charge in [0.05, 0.1) is 19.0 Å². The Kier molecular flexibility index (Phi) is 5.64. The maximum absolute atomic E-state index is 5.42. The SMILES string of the molecule is CC(C)OCCNCC1CCC=CO1. The number of ether oxygens (including phenoxy) is 2. The Bertz CT molecular complexity index is 169. The van der Waals surface area contributed by atoms with Gasteiger partial charge in [-0.15, -0.1) is 0 Å². The van der Waals surface area contributed by atoms with Crippen molar-refractivity contribution in [2.45, 2.75) is 38.9 Å². The molecule has 0 aromatic rings. The minimum absolute atomic E-state index is 0.325. The van der Waals surface area contributed by atoms with E-state index in [-0.39, 0.29) is 0 Å². The molecule has 0 aromatic carbocycles. The van der Waals surface area contributed by atoms with Crippen LogP contribution in [0.1, 0.15) is 26.7 Å². The number of allylic oxidation sites excluding steroid dienone is 1. The highest BCUT2D eigenvalue weighted by atomic mass is 16.5. The maximum atomic E-state index is 5.42. The molecule has 1 unspecified atom stereocenters. The third-order valence-electron chi connectivity index (χ3n) is 2.12. The van der Waals surface area contributed by atoms with Crippen LogP contribution in [-0.2, 0) is 9.47 Å². The summed E-state index contributed by atoms with van der Waals surface area (Å²) >= 11 is 0. The van der Waals surface area contributed by atoms with E-state index in [1.807, 2.05) is 0 Å². The summed E-state index contributed by atoms with van der Waals surface area (Å²) in [6.45, 7) is 6.71. The number of hydrogen-bond donors (Lipinski definition) is 1. The van der Waals surface area contributed by atoms with E-state index in [1.54, 1.807) is 6.26 Å². The van der Waals surface area contributed by atoms with Crippen LogP contribution in [0.15, 0.2) is 12.3 Å². The zero-order valence-corrected chi connectivity index (χ0v) is 9.16. The van der Waals surface area contributed by atoms with Gasteiger partial charge < -0.3 is 14.8 Å². The van der Waals surface area contributed by atoms with Crippen molar-refractivity contribution in [3.8, 4) is 0 Å². The summed E-state index contributed by atoms with van der Waals surface area (Å²) in [6, 6.07) is 0. The Labute approximate surface area is 86.5 Å². The van der Waals surface area contributed by atoms with Gasteiger partial charge in [0.25, 0.3) is 0 Å². The van der Waals surface area contributed by atoms with Crippen molar-refractivity contribution in [2.75, 3.05) is 19.7 Å². The van der Waals surface area contributed by atoms with Gasteiger partial charge in [-0.2, -0.15) is 0 Å². The van der Waals surface area contributed by atoms with Crippen molar-refractivity contribution in [1.29, 1.82) is 0 Å². The van der Waals surface area contributed by atoms with Gasteiger partial charge in [0.2, 0.25) is 0 Å². The second kappa shape index (κ2) is 6.85. The molecule has 1 N–H and O–H groups in total. The third kappa shape index (κ3) is 5.25. The molecule has 0 aromatic heterocycles. The molecule has 0 saturated heterocycles. The fourth-order valence-corrected chi connectivity index (χ4v) is 1.36. The molecule has 1 aliphatic heterocycles. The van der Waals surface area contributed by atoms with E-state index >= 15 is 0 Å². The minimum atomic E-state index is 0.325. The van der Waals surface area contributed by atoms with Crippen molar-refractivity contribution < 1.29 is 9.47 Å². The third-order valence-corrected chi connectivity index (χ3v) is 2.12. The summed E-state index contributed by atoms with van der Waals surface area (Å²) in [5.74, 6) is 0. The second-order valence-corrected chi connectivity index (χ2v) is 3.83. The molecule has 0 saturated carbocycles. The first-order valence-electron chi connectivity index (χ1n) is 5.42. The Balaban J connectivity index is 1.90. The minimum Gasteiger partial charge on any atom is -0.497 e. The summed E-state index contributed by atoms with van der Waals surface area (Å²) < 4.78 is 10.8. The van der Waals surface area contributed by atoms with Crippen molar-refractivity contribution in [3.63, 3.8) is 0 Å². The van der Waals surface area contributed by atoms with E-state index < -0.39 is 0 Å². The van der Waals surface area contributed by atoms with Crippen molar-refractivity contribution in [3.05, 3.63) is 12.3 Å². The lowest BCUT2D eigenvalue weighted by Crippen LogP contribution is -2.31. The highest BCUT2D eigenvalue weighted by Crippen LogP contribution is 2.08. The van der Waals surface area contributed by atoms with E-state index in [4.69, 9.17) is 9.47 Å². The average Bonchev–Trinajstić information content (AvgIpc) is 2.18. The highest BCUT2D eigenvalue weighted by molar-refractivity contribution is 4.82. The molecule has 3 nitrogen and oxygen atoms in total. The summed E-state index contributed by atoms with van der Waals surface area (Å²) in [5.41, 5.74) is 0. The van der Waals surface area contributed by atoms with Crippen LogP contribution in [0.5, 0.6) is 0 Å². The first-order valence-corrected chi connectivity index (χ1v) is 5.42. The Morgan fingerprint density at radius 2 is 2.43 bits per heavy atom. The fraction of sp³-hybridized carbons (Fsp3) is 0.818. The van der Waals surface area contributed by atoms with Gasteiger partial charge in [-0.05, 0) is 32.8 Å². The number of rotatable bonds is 6. The van der Waals surface area contributed by atoms with E-state index in [0.29, 0.717) is 12.2 Å². The predicted molar refractivity (Wildman–Crippen MR) is 57.2 cm³/mol. The molecule has 3 heteroatoms. The van der Waals surface area contributed by atoms with Crippen LogP contribution in [0.25, 0.3) is 0 Å². The molecule has 1 atom stereocenters. The summed E-state index contributed by atoms with van der Waals surface area (Å²) in [4.78, 5) is 0. The van der Waals surface area contributed by atoms with Gasteiger partial charge in [-0.3, -0.25) is 0 Å². The quantitative estimate of drug-likeness (QED) is 0.660. The van der Waals surface area contributed by atoms with E-state index in [9.17, 15) is 0 Å². The van der Waals surface area contributed by atoms with Crippen LogP contribution in [0.4, 0.5) is 0 Å². The zero-order valence-electron chi connectivity index (χ0n) is 9.16. The summed E-state index contributed by atoms with van der Waals surface area (Å²) in [6.07, 6.45) is 6.80. The van der Waals surface area contributed by atoms with Gasteiger partial charge in [0, 0.05) is 13.1 Å². The normalized spacial score (nSPS) is 21.2. The molecular weight excluding hydrogens is 178 g/mol. The molecule has 1 heterocycles. The topological polar surface area (TPSA) is 30.5 Å². The number of hydrogen-bond acceptors (Lipinski definition) is 3. The molecule has 14 heavy (non-hydrogen) atoms. The van der Waals surface area contributed by atoms with E-state index in [0.717, 1.165) is 32.5 Å².